The molecule has 0 aromatic heterocycles. The Hall–Kier alpha value is -1.77. The lowest BCUT2D eigenvalue weighted by Gasteiger charge is -2.43. The van der Waals surface area contributed by atoms with Crippen molar-refractivity contribution in [2.75, 3.05) is 5.94 Å². The van der Waals surface area contributed by atoms with Crippen molar-refractivity contribution in [2.24, 2.45) is 45.3 Å². The number of esters is 3. The smallest absolute Gasteiger partial charge is 0.312 e. The average Bonchev–Trinajstić information content (AvgIpc) is 3.61. The van der Waals surface area contributed by atoms with Crippen molar-refractivity contribution in [3.8, 4) is 0 Å². The first kappa shape index (κ1) is 35.7. The summed E-state index contributed by atoms with van der Waals surface area (Å²) in [5, 5.41) is 10.6. The van der Waals surface area contributed by atoms with Gasteiger partial charge in [-0.1, -0.05) is 20.3 Å². The molecule has 0 aromatic rings. The number of carboxylic acid groups (broad SMARTS) is 1. The molecule has 3 rings (SSSR count). The second kappa shape index (κ2) is 12.9. The third-order valence-electron chi connectivity index (χ3n) is 11.1. The first-order valence-corrected chi connectivity index (χ1v) is 16.9. The maximum atomic E-state index is 13.9. The van der Waals surface area contributed by atoms with Gasteiger partial charge >= 0.3 is 23.9 Å². The summed E-state index contributed by atoms with van der Waals surface area (Å²) in [6, 6.07) is 0. The third kappa shape index (κ3) is 7.55. The number of thiol groups is 1. The van der Waals surface area contributed by atoms with Crippen molar-refractivity contribution in [3.63, 3.8) is 0 Å². The molecule has 9 heteroatoms. The maximum Gasteiger partial charge on any atom is 0.312 e. The SMILES string of the molecule is CCC(C)(CC(C)(CC(C)(CC(C)(CC)C(=O)OC(C)(C)C)C(=O)O)C(=O)OCS)C(=O)OC1CC2CC1C1CCCC21. The summed E-state index contributed by atoms with van der Waals surface area (Å²) in [6.45, 7) is 15.8. The van der Waals surface area contributed by atoms with E-state index < -0.39 is 45.2 Å². The van der Waals surface area contributed by atoms with Gasteiger partial charge in [0.25, 0.3) is 0 Å². The van der Waals surface area contributed by atoms with E-state index in [9.17, 15) is 24.3 Å². The molecule has 9 atom stereocenters. The molecule has 0 saturated heterocycles. The zero-order valence-electron chi connectivity index (χ0n) is 27.9. The zero-order chi connectivity index (χ0) is 32.6. The number of hydrogen-bond acceptors (Lipinski definition) is 8. The van der Waals surface area contributed by atoms with Crippen LogP contribution in [0.25, 0.3) is 0 Å². The standard InChI is InChI=1S/C34H56O8S/c1-10-31(6,28(38)41-25-16-21-15-24(25)23-14-12-13-22(21)23)18-34(9,27(37)40-20-43)19-33(8,26(35)36)17-32(7,11-2)29(39)42-30(3,4)5/h21-25,43H,10-20H2,1-9H3,(H,35,36). The first-order chi connectivity index (χ1) is 19.8. The zero-order valence-corrected chi connectivity index (χ0v) is 28.8. The van der Waals surface area contributed by atoms with E-state index in [0.29, 0.717) is 30.6 Å². The highest BCUT2D eigenvalue weighted by Gasteiger charge is 2.57. The lowest BCUT2D eigenvalue weighted by Crippen LogP contribution is -2.48. The molecule has 3 saturated carbocycles. The van der Waals surface area contributed by atoms with E-state index in [4.69, 9.17) is 14.2 Å². The normalized spacial score (nSPS) is 30.2. The molecule has 0 heterocycles. The summed E-state index contributed by atoms with van der Waals surface area (Å²) in [5.74, 6) is -0.270. The summed E-state index contributed by atoms with van der Waals surface area (Å²) in [6.07, 6.45) is 6.34. The van der Waals surface area contributed by atoms with Crippen LogP contribution in [0.5, 0.6) is 0 Å². The Kier molecular flexibility index (Phi) is 10.7. The number of rotatable bonds is 14. The lowest BCUT2D eigenvalue weighted by molar-refractivity contribution is -0.174. The van der Waals surface area contributed by atoms with Crippen molar-refractivity contribution < 1.29 is 38.5 Å². The van der Waals surface area contributed by atoms with Gasteiger partial charge in [-0.25, -0.2) is 0 Å². The summed E-state index contributed by atoms with van der Waals surface area (Å²) < 4.78 is 17.3. The van der Waals surface area contributed by atoms with Crippen LogP contribution < -0.4 is 0 Å². The summed E-state index contributed by atoms with van der Waals surface area (Å²) >= 11 is 4.09. The van der Waals surface area contributed by atoms with Gasteiger partial charge in [-0.2, -0.15) is 0 Å². The minimum absolute atomic E-state index is 0.0486. The molecule has 0 aromatic carbocycles. The number of fused-ring (bicyclic) bond motifs is 5. The van der Waals surface area contributed by atoms with Crippen LogP contribution in [0, 0.1) is 45.3 Å². The van der Waals surface area contributed by atoms with Gasteiger partial charge in [0.2, 0.25) is 0 Å². The van der Waals surface area contributed by atoms with Crippen molar-refractivity contribution in [2.45, 2.75) is 138 Å². The fourth-order valence-corrected chi connectivity index (χ4v) is 8.86. The van der Waals surface area contributed by atoms with Crippen molar-refractivity contribution >= 4 is 36.5 Å². The predicted octanol–water partition coefficient (Wildman–Crippen LogP) is 7.23. The number of ether oxygens (including phenoxy) is 3. The largest absolute Gasteiger partial charge is 0.481 e. The van der Waals surface area contributed by atoms with Crippen LogP contribution in [0.15, 0.2) is 0 Å². The van der Waals surface area contributed by atoms with Crippen LogP contribution in [0.4, 0.5) is 0 Å². The molecular weight excluding hydrogens is 568 g/mol. The van der Waals surface area contributed by atoms with Gasteiger partial charge in [0.1, 0.15) is 17.6 Å². The molecule has 3 aliphatic rings. The van der Waals surface area contributed by atoms with Gasteiger partial charge in [-0.15, -0.1) is 12.6 Å². The van der Waals surface area contributed by atoms with E-state index in [1.54, 1.807) is 41.5 Å². The van der Waals surface area contributed by atoms with Crippen LogP contribution in [0.2, 0.25) is 0 Å². The highest BCUT2D eigenvalue weighted by Crippen LogP contribution is 2.60. The topological polar surface area (TPSA) is 116 Å². The lowest BCUT2D eigenvalue weighted by atomic mass is 9.61. The van der Waals surface area contributed by atoms with Crippen molar-refractivity contribution in [1.29, 1.82) is 0 Å². The molecule has 3 aliphatic carbocycles. The number of carboxylic acids is 1. The Balaban J connectivity index is 1.87. The first-order valence-electron chi connectivity index (χ1n) is 16.2. The Morgan fingerprint density at radius 3 is 1.79 bits per heavy atom. The number of aliphatic carboxylic acids is 1. The molecule has 3 fully saturated rings. The van der Waals surface area contributed by atoms with Gasteiger partial charge in [0, 0.05) is 0 Å². The van der Waals surface area contributed by atoms with Crippen molar-refractivity contribution in [3.05, 3.63) is 0 Å². The minimum Gasteiger partial charge on any atom is -0.481 e. The number of hydrogen-bond donors (Lipinski definition) is 2. The van der Waals surface area contributed by atoms with Gasteiger partial charge in [0.15, 0.2) is 0 Å². The monoisotopic (exact) mass is 624 g/mol. The second-order valence-electron chi connectivity index (χ2n) is 15.9. The average molecular weight is 625 g/mol. The number of carbonyl (C=O) groups excluding carboxylic acids is 3. The molecule has 1 N–H and O–H groups in total. The maximum absolute atomic E-state index is 13.9. The second-order valence-corrected chi connectivity index (χ2v) is 16.2. The summed E-state index contributed by atoms with van der Waals surface area (Å²) in [4.78, 5) is 53.7. The highest BCUT2D eigenvalue weighted by atomic mass is 32.1. The van der Waals surface area contributed by atoms with Crippen LogP contribution in [-0.4, -0.2) is 46.6 Å². The molecule has 0 spiro atoms. The molecule has 0 amide bonds. The Bertz CT molecular complexity index is 1070. The van der Waals surface area contributed by atoms with Crippen molar-refractivity contribution in [1.82, 2.24) is 0 Å². The molecule has 8 nitrogen and oxygen atoms in total. The van der Waals surface area contributed by atoms with Gasteiger partial charge in [-0.05, 0) is 130 Å². The molecular formula is C34H56O8S. The van der Waals surface area contributed by atoms with Crippen LogP contribution in [-0.2, 0) is 33.4 Å². The highest BCUT2D eigenvalue weighted by molar-refractivity contribution is 7.80. The van der Waals surface area contributed by atoms with Crippen LogP contribution >= 0.6 is 12.6 Å². The Labute approximate surface area is 264 Å². The molecule has 9 unspecified atom stereocenters. The van der Waals surface area contributed by atoms with E-state index in [0.717, 1.165) is 18.8 Å². The minimum atomic E-state index is -1.51. The summed E-state index contributed by atoms with van der Waals surface area (Å²) in [7, 11) is 0. The van der Waals surface area contributed by atoms with Gasteiger partial charge in [0.05, 0.1) is 21.7 Å². The Morgan fingerprint density at radius 1 is 0.721 bits per heavy atom. The van der Waals surface area contributed by atoms with E-state index in [-0.39, 0.29) is 37.3 Å². The fourth-order valence-electron chi connectivity index (χ4n) is 8.74. The van der Waals surface area contributed by atoms with Gasteiger partial charge in [-0.3, -0.25) is 19.2 Å². The van der Waals surface area contributed by atoms with E-state index in [1.807, 2.05) is 20.8 Å². The third-order valence-corrected chi connectivity index (χ3v) is 11.2. The fraction of sp³-hybridized carbons (Fsp3) is 0.882. The van der Waals surface area contributed by atoms with Crippen LogP contribution in [0.3, 0.4) is 0 Å². The van der Waals surface area contributed by atoms with E-state index in [1.165, 1.54) is 19.3 Å². The number of carbonyl (C=O) groups is 4. The van der Waals surface area contributed by atoms with E-state index in [2.05, 4.69) is 12.6 Å². The molecule has 0 radical (unpaired) electrons. The molecule has 246 valence electrons. The van der Waals surface area contributed by atoms with Gasteiger partial charge < -0.3 is 19.3 Å². The quantitative estimate of drug-likeness (QED) is 0.0900. The molecule has 0 aliphatic heterocycles. The predicted molar refractivity (Wildman–Crippen MR) is 167 cm³/mol. The molecule has 43 heavy (non-hydrogen) atoms. The summed E-state index contributed by atoms with van der Waals surface area (Å²) in [5.41, 5.74) is -5.76. The van der Waals surface area contributed by atoms with E-state index >= 15 is 0 Å². The van der Waals surface area contributed by atoms with Crippen LogP contribution in [0.1, 0.15) is 127 Å². The Morgan fingerprint density at radius 2 is 1.26 bits per heavy atom. The molecule has 2 bridgehead atoms.